The van der Waals surface area contributed by atoms with E-state index in [-0.39, 0.29) is 11.5 Å². The van der Waals surface area contributed by atoms with Gasteiger partial charge in [0.2, 0.25) is 0 Å². The molecule has 1 heterocycles. The quantitative estimate of drug-likeness (QED) is 0.716. The van der Waals surface area contributed by atoms with Gasteiger partial charge in [-0.05, 0) is 50.5 Å². The maximum atomic E-state index is 12.3. The molecule has 0 aromatic heterocycles. The zero-order valence-corrected chi connectivity index (χ0v) is 16.1. The Morgan fingerprint density at radius 3 is 2.58 bits per heavy atom. The smallest absolute Gasteiger partial charge is 0.296 e. The van der Waals surface area contributed by atoms with Crippen molar-refractivity contribution in [3.63, 3.8) is 0 Å². The molecule has 1 aliphatic heterocycles. The highest BCUT2D eigenvalue weighted by Crippen LogP contribution is 2.37. The minimum Gasteiger partial charge on any atom is -0.497 e. The summed E-state index contributed by atoms with van der Waals surface area (Å²) in [4.78, 5) is 0.174. The highest BCUT2D eigenvalue weighted by atomic mass is 32.2. The van der Waals surface area contributed by atoms with E-state index in [2.05, 4.69) is 0 Å². The van der Waals surface area contributed by atoms with Crippen LogP contribution in [0, 0.1) is 6.92 Å². The highest BCUT2D eigenvalue weighted by Gasteiger charge is 2.32. The Balaban J connectivity index is 1.63. The molecule has 0 N–H and O–H groups in total. The van der Waals surface area contributed by atoms with E-state index < -0.39 is 15.7 Å². The van der Waals surface area contributed by atoms with E-state index in [4.69, 9.17) is 13.7 Å². The topological polar surface area (TPSA) is 61.8 Å². The fourth-order valence-corrected chi connectivity index (χ4v) is 3.90. The summed E-state index contributed by atoms with van der Waals surface area (Å²) < 4.78 is 41.2. The van der Waals surface area contributed by atoms with Gasteiger partial charge in [-0.2, -0.15) is 8.42 Å². The maximum Gasteiger partial charge on any atom is 0.296 e. The number of hydrogen-bond donors (Lipinski definition) is 0. The van der Waals surface area contributed by atoms with E-state index in [9.17, 15) is 8.42 Å². The average Bonchev–Trinajstić information content (AvgIpc) is 2.61. The fourth-order valence-electron chi connectivity index (χ4n) is 3.00. The van der Waals surface area contributed by atoms with Crippen molar-refractivity contribution >= 4 is 10.1 Å². The maximum absolute atomic E-state index is 12.3. The van der Waals surface area contributed by atoms with Gasteiger partial charge >= 0.3 is 0 Å². The number of hydrogen-bond acceptors (Lipinski definition) is 5. The van der Waals surface area contributed by atoms with Crippen molar-refractivity contribution in [3.05, 3.63) is 53.6 Å². The lowest BCUT2D eigenvalue weighted by molar-refractivity contribution is 0.0430. The van der Waals surface area contributed by atoms with Gasteiger partial charge in [0.1, 0.15) is 17.1 Å². The molecule has 0 radical (unpaired) electrons. The van der Waals surface area contributed by atoms with E-state index in [1.807, 2.05) is 32.0 Å². The van der Waals surface area contributed by atoms with Crippen LogP contribution in [0.3, 0.4) is 0 Å². The molecule has 0 saturated heterocycles. The predicted octanol–water partition coefficient (Wildman–Crippen LogP) is 3.88. The number of benzene rings is 2. The Bertz CT molecular complexity index is 874. The Hall–Kier alpha value is -2.05. The molecule has 3 rings (SSSR count). The summed E-state index contributed by atoms with van der Waals surface area (Å²) in [5.74, 6) is 1.53. The first kappa shape index (κ1) is 18.7. The molecule has 0 spiro atoms. The van der Waals surface area contributed by atoms with Crippen LogP contribution in [-0.4, -0.2) is 27.7 Å². The molecular weight excluding hydrogens is 352 g/mol. The first-order chi connectivity index (χ1) is 12.3. The molecule has 26 heavy (non-hydrogen) atoms. The monoisotopic (exact) mass is 376 g/mol. The Morgan fingerprint density at radius 1 is 1.15 bits per heavy atom. The molecule has 0 aliphatic carbocycles. The molecule has 6 heteroatoms. The summed E-state index contributed by atoms with van der Waals surface area (Å²) in [7, 11) is -2.13. The van der Waals surface area contributed by atoms with Crippen molar-refractivity contribution in [2.75, 3.05) is 13.7 Å². The highest BCUT2D eigenvalue weighted by molar-refractivity contribution is 7.86. The van der Waals surface area contributed by atoms with E-state index >= 15 is 0 Å². The summed E-state index contributed by atoms with van der Waals surface area (Å²) in [5.41, 5.74) is 1.67. The van der Waals surface area contributed by atoms with Gasteiger partial charge in [-0.15, -0.1) is 0 Å². The Morgan fingerprint density at radius 2 is 1.88 bits per heavy atom. The first-order valence-electron chi connectivity index (χ1n) is 8.63. The molecule has 1 unspecified atom stereocenters. The zero-order valence-electron chi connectivity index (χ0n) is 15.3. The number of aryl methyl sites for hydroxylation is 2. The lowest BCUT2D eigenvalue weighted by Gasteiger charge is -2.35. The largest absolute Gasteiger partial charge is 0.497 e. The average molecular weight is 376 g/mol. The summed E-state index contributed by atoms with van der Waals surface area (Å²) in [6.07, 6.45) is 2.16. The molecular formula is C20H24O5S. The van der Waals surface area contributed by atoms with Gasteiger partial charge in [-0.25, -0.2) is 0 Å². The van der Waals surface area contributed by atoms with Gasteiger partial charge in [-0.1, -0.05) is 23.8 Å². The predicted molar refractivity (Wildman–Crippen MR) is 99.3 cm³/mol. The molecule has 0 bridgehead atoms. The van der Waals surface area contributed by atoms with Gasteiger partial charge in [0.15, 0.2) is 0 Å². The number of ether oxygens (including phenoxy) is 2. The van der Waals surface area contributed by atoms with Crippen LogP contribution >= 0.6 is 0 Å². The van der Waals surface area contributed by atoms with Crippen LogP contribution in [-0.2, 0) is 20.7 Å². The van der Waals surface area contributed by atoms with Crippen molar-refractivity contribution in [1.82, 2.24) is 0 Å². The van der Waals surface area contributed by atoms with Crippen LogP contribution in [0.1, 0.15) is 30.9 Å². The molecule has 0 fully saturated rings. The fraction of sp³-hybridized carbons (Fsp3) is 0.400. The summed E-state index contributed by atoms with van der Waals surface area (Å²) in [6, 6.07) is 12.4. The normalized spacial score (nSPS) is 19.5. The van der Waals surface area contributed by atoms with Gasteiger partial charge in [0.25, 0.3) is 10.1 Å². The van der Waals surface area contributed by atoms with Crippen molar-refractivity contribution in [2.45, 2.75) is 43.6 Å². The minimum absolute atomic E-state index is 0.0754. The lowest BCUT2D eigenvalue weighted by Crippen LogP contribution is -2.37. The summed E-state index contributed by atoms with van der Waals surface area (Å²) in [5, 5.41) is 0. The van der Waals surface area contributed by atoms with Crippen LogP contribution in [0.2, 0.25) is 0 Å². The number of rotatable bonds is 6. The molecule has 5 nitrogen and oxygen atoms in total. The first-order valence-corrected chi connectivity index (χ1v) is 10.0. The van der Waals surface area contributed by atoms with Crippen molar-refractivity contribution in [3.8, 4) is 11.5 Å². The van der Waals surface area contributed by atoms with E-state index in [0.29, 0.717) is 6.42 Å². The van der Waals surface area contributed by atoms with Crippen LogP contribution < -0.4 is 9.47 Å². The van der Waals surface area contributed by atoms with Crippen LogP contribution in [0.15, 0.2) is 47.4 Å². The van der Waals surface area contributed by atoms with Gasteiger partial charge in [0.05, 0.1) is 18.6 Å². The number of fused-ring (bicyclic) bond motifs is 1. The third kappa shape index (κ3) is 4.19. The minimum atomic E-state index is -3.75. The van der Waals surface area contributed by atoms with E-state index in [1.54, 1.807) is 31.4 Å². The van der Waals surface area contributed by atoms with E-state index in [0.717, 1.165) is 35.5 Å². The van der Waals surface area contributed by atoms with Gasteiger partial charge in [0, 0.05) is 12.5 Å². The third-order valence-electron chi connectivity index (χ3n) is 4.73. The standard InChI is InChI=1S/C20H24O5S/c1-15-4-8-18(9-5-15)26(21,22)24-13-12-20(2)11-10-16-6-7-17(23-3)14-19(16)25-20/h4-9,14H,10-13H2,1-3H3. The van der Waals surface area contributed by atoms with Crippen molar-refractivity contribution in [1.29, 1.82) is 0 Å². The molecule has 0 saturated carbocycles. The van der Waals surface area contributed by atoms with E-state index in [1.165, 1.54) is 0 Å². The molecule has 1 aliphatic rings. The second-order valence-electron chi connectivity index (χ2n) is 6.86. The third-order valence-corrected chi connectivity index (χ3v) is 6.06. The lowest BCUT2D eigenvalue weighted by atomic mass is 9.90. The molecule has 2 aromatic rings. The summed E-state index contributed by atoms with van der Waals surface area (Å²) in [6.45, 7) is 3.97. The van der Waals surface area contributed by atoms with Gasteiger partial charge < -0.3 is 9.47 Å². The van der Waals surface area contributed by atoms with Crippen molar-refractivity contribution < 1.29 is 22.1 Å². The molecule has 2 aromatic carbocycles. The van der Waals surface area contributed by atoms with Crippen LogP contribution in [0.4, 0.5) is 0 Å². The molecule has 1 atom stereocenters. The SMILES string of the molecule is COc1ccc2c(c1)OC(C)(CCOS(=O)(=O)c1ccc(C)cc1)CC2. The molecule has 140 valence electrons. The van der Waals surface area contributed by atoms with Crippen LogP contribution in [0.5, 0.6) is 11.5 Å². The van der Waals surface area contributed by atoms with Crippen molar-refractivity contribution in [2.24, 2.45) is 0 Å². The number of methoxy groups -OCH3 is 1. The summed E-state index contributed by atoms with van der Waals surface area (Å²) >= 11 is 0. The Labute approximate surface area is 155 Å². The van der Waals surface area contributed by atoms with Crippen LogP contribution in [0.25, 0.3) is 0 Å². The zero-order chi connectivity index (χ0) is 18.8. The van der Waals surface area contributed by atoms with Gasteiger partial charge in [-0.3, -0.25) is 4.18 Å². The second kappa shape index (κ2) is 7.29. The Kier molecular flexibility index (Phi) is 5.25. The second-order valence-corrected chi connectivity index (χ2v) is 8.48. The molecule has 0 amide bonds.